The van der Waals surface area contributed by atoms with Crippen molar-refractivity contribution < 1.29 is 4.79 Å². The standard InChI is InChI=1S/C14H19BrN2O/c1-9-11(5-3-6-12(9)15)14(18)17-13-7-4-8-16-10(13)2/h3,5-6,10,13,16H,4,7-8H2,1-2H3,(H,17,18). The maximum Gasteiger partial charge on any atom is 0.251 e. The van der Waals surface area contributed by atoms with Gasteiger partial charge in [0.15, 0.2) is 0 Å². The van der Waals surface area contributed by atoms with Gasteiger partial charge in [-0.1, -0.05) is 22.0 Å². The van der Waals surface area contributed by atoms with Crippen LogP contribution < -0.4 is 10.6 Å². The van der Waals surface area contributed by atoms with E-state index in [4.69, 9.17) is 0 Å². The highest BCUT2D eigenvalue weighted by Crippen LogP contribution is 2.20. The van der Waals surface area contributed by atoms with E-state index >= 15 is 0 Å². The summed E-state index contributed by atoms with van der Waals surface area (Å²) in [7, 11) is 0. The molecule has 0 aromatic heterocycles. The number of nitrogens with one attached hydrogen (secondary N) is 2. The van der Waals surface area contributed by atoms with Gasteiger partial charge in [0.1, 0.15) is 0 Å². The summed E-state index contributed by atoms with van der Waals surface area (Å²) in [5.41, 5.74) is 1.74. The molecule has 1 aromatic rings. The summed E-state index contributed by atoms with van der Waals surface area (Å²) in [6.45, 7) is 5.13. The van der Waals surface area contributed by atoms with Crippen LogP contribution in [0.25, 0.3) is 0 Å². The minimum atomic E-state index is 0.0225. The first-order chi connectivity index (χ1) is 8.59. The third-order valence-electron chi connectivity index (χ3n) is 3.59. The van der Waals surface area contributed by atoms with Gasteiger partial charge >= 0.3 is 0 Å². The summed E-state index contributed by atoms with van der Waals surface area (Å²) in [4.78, 5) is 12.3. The van der Waals surface area contributed by atoms with Crippen LogP contribution in [0, 0.1) is 6.92 Å². The highest BCUT2D eigenvalue weighted by atomic mass is 79.9. The molecular formula is C14H19BrN2O. The Bertz CT molecular complexity index is 447. The Morgan fingerprint density at radius 2 is 2.28 bits per heavy atom. The first-order valence-electron chi connectivity index (χ1n) is 6.39. The van der Waals surface area contributed by atoms with Gasteiger partial charge in [-0.15, -0.1) is 0 Å². The summed E-state index contributed by atoms with van der Waals surface area (Å²) in [5, 5.41) is 6.52. The van der Waals surface area contributed by atoms with E-state index in [-0.39, 0.29) is 11.9 Å². The third kappa shape index (κ3) is 2.93. The second kappa shape index (κ2) is 5.85. The lowest BCUT2D eigenvalue weighted by Gasteiger charge is -2.30. The first-order valence-corrected chi connectivity index (χ1v) is 7.18. The molecule has 0 saturated carbocycles. The Labute approximate surface area is 116 Å². The second-order valence-corrected chi connectivity index (χ2v) is 5.73. The molecule has 1 saturated heterocycles. The van der Waals surface area contributed by atoms with Crippen molar-refractivity contribution in [2.45, 2.75) is 38.8 Å². The second-order valence-electron chi connectivity index (χ2n) is 4.88. The number of hydrogen-bond acceptors (Lipinski definition) is 2. The quantitative estimate of drug-likeness (QED) is 0.881. The molecule has 1 aliphatic heterocycles. The van der Waals surface area contributed by atoms with Gasteiger partial charge in [-0.05, 0) is 50.9 Å². The smallest absolute Gasteiger partial charge is 0.251 e. The monoisotopic (exact) mass is 310 g/mol. The normalized spacial score (nSPS) is 23.7. The number of carbonyl (C=O) groups excluding carboxylic acids is 1. The molecule has 2 rings (SSSR count). The van der Waals surface area contributed by atoms with E-state index in [2.05, 4.69) is 33.5 Å². The number of amides is 1. The van der Waals surface area contributed by atoms with Crippen LogP contribution in [0.4, 0.5) is 0 Å². The molecule has 98 valence electrons. The van der Waals surface area contributed by atoms with Crippen LogP contribution in [0.15, 0.2) is 22.7 Å². The van der Waals surface area contributed by atoms with Crippen LogP contribution in [0.3, 0.4) is 0 Å². The van der Waals surface area contributed by atoms with Crippen molar-refractivity contribution in [2.24, 2.45) is 0 Å². The number of rotatable bonds is 2. The van der Waals surface area contributed by atoms with Gasteiger partial charge in [0.2, 0.25) is 0 Å². The lowest BCUT2D eigenvalue weighted by molar-refractivity contribution is 0.0919. The topological polar surface area (TPSA) is 41.1 Å². The van der Waals surface area contributed by atoms with Crippen LogP contribution in [0.2, 0.25) is 0 Å². The maximum absolute atomic E-state index is 12.3. The van der Waals surface area contributed by atoms with Crippen LogP contribution in [-0.4, -0.2) is 24.5 Å². The van der Waals surface area contributed by atoms with Crippen LogP contribution >= 0.6 is 15.9 Å². The number of piperidine rings is 1. The molecule has 1 fully saturated rings. The summed E-state index contributed by atoms with van der Waals surface area (Å²) >= 11 is 3.46. The number of benzene rings is 1. The average Bonchev–Trinajstić information content (AvgIpc) is 2.35. The number of halogens is 1. The fourth-order valence-electron chi connectivity index (χ4n) is 2.34. The lowest BCUT2D eigenvalue weighted by atomic mass is 9.99. The van der Waals surface area contributed by atoms with E-state index in [0.29, 0.717) is 6.04 Å². The van der Waals surface area contributed by atoms with E-state index in [1.165, 1.54) is 0 Å². The molecule has 0 aliphatic carbocycles. The van der Waals surface area contributed by atoms with Gasteiger partial charge in [0, 0.05) is 22.1 Å². The predicted molar refractivity (Wildman–Crippen MR) is 76.8 cm³/mol. The lowest BCUT2D eigenvalue weighted by Crippen LogP contribution is -2.52. The van der Waals surface area contributed by atoms with Crippen LogP contribution in [-0.2, 0) is 0 Å². The van der Waals surface area contributed by atoms with Crippen molar-refractivity contribution in [3.63, 3.8) is 0 Å². The molecule has 0 spiro atoms. The molecule has 4 heteroatoms. The molecule has 1 heterocycles. The van der Waals surface area contributed by atoms with E-state index in [1.54, 1.807) is 0 Å². The summed E-state index contributed by atoms with van der Waals surface area (Å²) < 4.78 is 0.977. The zero-order valence-corrected chi connectivity index (χ0v) is 12.4. The minimum absolute atomic E-state index is 0.0225. The van der Waals surface area contributed by atoms with E-state index in [0.717, 1.165) is 35.0 Å². The minimum Gasteiger partial charge on any atom is -0.348 e. The molecule has 0 bridgehead atoms. The molecule has 18 heavy (non-hydrogen) atoms. The number of carbonyl (C=O) groups is 1. The fraction of sp³-hybridized carbons (Fsp3) is 0.500. The molecule has 2 atom stereocenters. The molecule has 1 amide bonds. The molecular weight excluding hydrogens is 292 g/mol. The summed E-state index contributed by atoms with van der Waals surface area (Å²) in [6.07, 6.45) is 2.17. The zero-order chi connectivity index (χ0) is 13.1. The maximum atomic E-state index is 12.3. The molecule has 3 nitrogen and oxygen atoms in total. The zero-order valence-electron chi connectivity index (χ0n) is 10.8. The Morgan fingerprint density at radius 1 is 1.50 bits per heavy atom. The highest BCUT2D eigenvalue weighted by molar-refractivity contribution is 9.10. The SMILES string of the molecule is Cc1c(Br)cccc1C(=O)NC1CCCNC1C. The fourth-order valence-corrected chi connectivity index (χ4v) is 2.71. The largest absolute Gasteiger partial charge is 0.348 e. The van der Waals surface area contributed by atoms with Gasteiger partial charge < -0.3 is 10.6 Å². The van der Waals surface area contributed by atoms with Gasteiger partial charge in [-0.3, -0.25) is 4.79 Å². The summed E-state index contributed by atoms with van der Waals surface area (Å²) in [6, 6.07) is 6.29. The van der Waals surface area contributed by atoms with Crippen molar-refractivity contribution in [3.05, 3.63) is 33.8 Å². The Hall–Kier alpha value is -0.870. The number of hydrogen-bond donors (Lipinski definition) is 2. The van der Waals surface area contributed by atoms with Gasteiger partial charge in [0.25, 0.3) is 5.91 Å². The van der Waals surface area contributed by atoms with Crippen molar-refractivity contribution >= 4 is 21.8 Å². The van der Waals surface area contributed by atoms with E-state index in [1.807, 2.05) is 25.1 Å². The molecule has 2 N–H and O–H groups in total. The Kier molecular flexibility index (Phi) is 4.40. The molecule has 1 aromatic carbocycles. The predicted octanol–water partition coefficient (Wildman–Crippen LogP) is 2.63. The van der Waals surface area contributed by atoms with Crippen LogP contribution in [0.5, 0.6) is 0 Å². The highest BCUT2D eigenvalue weighted by Gasteiger charge is 2.23. The first kappa shape index (κ1) is 13.6. The third-order valence-corrected chi connectivity index (χ3v) is 4.45. The van der Waals surface area contributed by atoms with E-state index < -0.39 is 0 Å². The Morgan fingerprint density at radius 3 is 3.00 bits per heavy atom. The van der Waals surface area contributed by atoms with Crippen molar-refractivity contribution in [3.8, 4) is 0 Å². The van der Waals surface area contributed by atoms with Crippen molar-refractivity contribution in [1.82, 2.24) is 10.6 Å². The van der Waals surface area contributed by atoms with Crippen molar-refractivity contribution in [1.29, 1.82) is 0 Å². The van der Waals surface area contributed by atoms with Gasteiger partial charge in [0.05, 0.1) is 0 Å². The summed E-state index contributed by atoms with van der Waals surface area (Å²) in [5.74, 6) is 0.0225. The molecule has 0 radical (unpaired) electrons. The average molecular weight is 311 g/mol. The van der Waals surface area contributed by atoms with E-state index in [9.17, 15) is 4.79 Å². The van der Waals surface area contributed by atoms with Gasteiger partial charge in [-0.25, -0.2) is 0 Å². The molecule has 1 aliphatic rings. The van der Waals surface area contributed by atoms with Crippen LogP contribution in [0.1, 0.15) is 35.7 Å². The Balaban J connectivity index is 2.09. The van der Waals surface area contributed by atoms with Gasteiger partial charge in [-0.2, -0.15) is 0 Å². The van der Waals surface area contributed by atoms with Crippen molar-refractivity contribution in [2.75, 3.05) is 6.54 Å². The molecule has 2 unspecified atom stereocenters.